The summed E-state index contributed by atoms with van der Waals surface area (Å²) in [5, 5.41) is 30.5. The first-order chi connectivity index (χ1) is 19.5. The smallest absolute Gasteiger partial charge is 0.311 e. The van der Waals surface area contributed by atoms with Gasteiger partial charge in [0.05, 0.1) is 26.2 Å². The van der Waals surface area contributed by atoms with Crippen LogP contribution < -0.4 is 5.11 Å². The topological polar surface area (TPSA) is 115 Å². The number of carbonyl (C=O) groups is 3. The van der Waals surface area contributed by atoms with Crippen molar-refractivity contribution in [2.24, 2.45) is 17.8 Å². The minimum atomic E-state index is -1.19. The first-order valence-electron chi connectivity index (χ1n) is 16.7. The van der Waals surface area contributed by atoms with Crippen molar-refractivity contribution in [1.82, 2.24) is 0 Å². The molecule has 0 aliphatic rings. The maximum Gasteiger partial charge on any atom is 0.311 e. The lowest BCUT2D eigenvalue weighted by Crippen LogP contribution is -2.58. The second-order valence-electron chi connectivity index (χ2n) is 12.7. The van der Waals surface area contributed by atoms with Crippen molar-refractivity contribution in [1.29, 1.82) is 0 Å². The van der Waals surface area contributed by atoms with Gasteiger partial charge in [-0.3, -0.25) is 9.59 Å². The molecule has 240 valence electrons. The molecule has 0 spiro atoms. The Balaban J connectivity index is 4.31. The van der Waals surface area contributed by atoms with Crippen LogP contribution in [-0.4, -0.2) is 58.8 Å². The quantitative estimate of drug-likeness (QED) is 0.0547. The number of unbranched alkanes of at least 4 members (excludes halogenated alkanes) is 16. The predicted molar refractivity (Wildman–Crippen MR) is 165 cm³/mol. The summed E-state index contributed by atoms with van der Waals surface area (Å²) in [5.41, 5.74) is 0. The summed E-state index contributed by atoms with van der Waals surface area (Å²) in [7, 11) is 0. The van der Waals surface area contributed by atoms with Crippen molar-refractivity contribution in [2.75, 3.05) is 26.2 Å². The molecule has 0 radical (unpaired) electrons. The molecule has 0 fully saturated rings. The zero-order valence-electron chi connectivity index (χ0n) is 26.9. The molecule has 7 heteroatoms. The van der Waals surface area contributed by atoms with Gasteiger partial charge in [0.2, 0.25) is 0 Å². The van der Waals surface area contributed by atoms with E-state index in [2.05, 4.69) is 19.1 Å². The highest BCUT2D eigenvalue weighted by Gasteiger charge is 2.36. The van der Waals surface area contributed by atoms with E-state index in [0.29, 0.717) is 6.54 Å². The Kier molecular flexibility index (Phi) is 23.5. The van der Waals surface area contributed by atoms with Crippen LogP contribution in [0.3, 0.4) is 0 Å². The third-order valence-corrected chi connectivity index (χ3v) is 8.37. The maximum absolute atomic E-state index is 11.6. The van der Waals surface area contributed by atoms with Gasteiger partial charge in [-0.2, -0.15) is 0 Å². The number of allylic oxidation sites excluding steroid dienone is 2. The molecule has 0 heterocycles. The van der Waals surface area contributed by atoms with Crippen molar-refractivity contribution in [3.05, 3.63) is 12.2 Å². The molecule has 2 N–H and O–H groups in total. The Morgan fingerprint density at radius 3 is 1.29 bits per heavy atom. The molecular weight excluding hydrogens is 518 g/mol. The number of hydrogen-bond donors (Lipinski definition) is 2. The minimum Gasteiger partial charge on any atom is -0.550 e. The summed E-state index contributed by atoms with van der Waals surface area (Å²) in [6, 6.07) is 0. The van der Waals surface area contributed by atoms with E-state index in [1.807, 2.05) is 0 Å². The molecule has 0 bridgehead atoms. The summed E-state index contributed by atoms with van der Waals surface area (Å²) in [4.78, 5) is 34.7. The number of carboxylic acids is 3. The Bertz CT molecular complexity index is 667. The first-order valence-corrected chi connectivity index (χ1v) is 16.7. The van der Waals surface area contributed by atoms with E-state index in [-0.39, 0.29) is 24.1 Å². The fraction of sp³-hybridized carbons (Fsp3) is 0.853. The second-order valence-corrected chi connectivity index (χ2v) is 12.7. The summed E-state index contributed by atoms with van der Waals surface area (Å²) >= 11 is 0. The number of quaternary nitrogens is 1. The second kappa shape index (κ2) is 24.7. The fourth-order valence-corrected chi connectivity index (χ4v) is 5.88. The number of carbonyl (C=O) groups excluding carboxylic acids is 1. The normalized spacial score (nSPS) is 15.4. The molecule has 0 aromatic rings. The fourth-order valence-electron chi connectivity index (χ4n) is 5.88. The summed E-state index contributed by atoms with van der Waals surface area (Å²) in [6.07, 6.45) is 27.3. The number of nitrogens with zero attached hydrogens (tertiary/aromatic N) is 1. The molecule has 0 aliphatic heterocycles. The molecule has 3 unspecified atom stereocenters. The Hall–Kier alpha value is -1.89. The van der Waals surface area contributed by atoms with E-state index in [9.17, 15) is 29.7 Å². The van der Waals surface area contributed by atoms with Crippen LogP contribution in [0.15, 0.2) is 12.2 Å². The minimum absolute atomic E-state index is 0.156. The van der Waals surface area contributed by atoms with Crippen LogP contribution in [0, 0.1) is 17.8 Å². The lowest BCUT2D eigenvalue weighted by molar-refractivity contribution is -0.934. The van der Waals surface area contributed by atoms with Crippen LogP contribution in [0.2, 0.25) is 0 Å². The zero-order chi connectivity index (χ0) is 30.9. The molecule has 7 nitrogen and oxygen atoms in total. The highest BCUT2D eigenvalue weighted by atomic mass is 16.4. The lowest BCUT2D eigenvalue weighted by atomic mass is 10.0. The van der Waals surface area contributed by atoms with Gasteiger partial charge >= 0.3 is 11.9 Å². The van der Waals surface area contributed by atoms with Gasteiger partial charge in [0.15, 0.2) is 0 Å². The molecule has 41 heavy (non-hydrogen) atoms. The highest BCUT2D eigenvalue weighted by molar-refractivity contribution is 5.70. The molecule has 0 aromatic carbocycles. The van der Waals surface area contributed by atoms with Crippen molar-refractivity contribution in [3.8, 4) is 0 Å². The van der Waals surface area contributed by atoms with Crippen molar-refractivity contribution in [2.45, 2.75) is 143 Å². The van der Waals surface area contributed by atoms with Gasteiger partial charge in [0.1, 0.15) is 11.8 Å². The molecule has 0 rings (SSSR count). The highest BCUT2D eigenvalue weighted by Crippen LogP contribution is 2.21. The molecule has 0 saturated carbocycles. The molecular formula is C34H63NO6. The molecule has 0 saturated heterocycles. The van der Waals surface area contributed by atoms with E-state index < -0.39 is 35.7 Å². The van der Waals surface area contributed by atoms with E-state index in [4.69, 9.17) is 0 Å². The van der Waals surface area contributed by atoms with Crippen LogP contribution in [0.5, 0.6) is 0 Å². The zero-order valence-corrected chi connectivity index (χ0v) is 26.9. The van der Waals surface area contributed by atoms with Gasteiger partial charge in [-0.25, -0.2) is 0 Å². The average molecular weight is 582 g/mol. The van der Waals surface area contributed by atoms with Gasteiger partial charge in [-0.1, -0.05) is 116 Å². The van der Waals surface area contributed by atoms with Crippen molar-refractivity contribution >= 4 is 17.9 Å². The Labute approximate surface area is 251 Å². The van der Waals surface area contributed by atoms with Crippen molar-refractivity contribution < 1.29 is 34.2 Å². The van der Waals surface area contributed by atoms with E-state index in [1.54, 1.807) is 20.8 Å². The summed E-state index contributed by atoms with van der Waals surface area (Å²) in [5.74, 6) is -5.31. The van der Waals surface area contributed by atoms with E-state index >= 15 is 0 Å². The third-order valence-electron chi connectivity index (χ3n) is 8.37. The number of rotatable bonds is 29. The Morgan fingerprint density at radius 1 is 0.585 bits per heavy atom. The van der Waals surface area contributed by atoms with Gasteiger partial charge in [0.25, 0.3) is 0 Å². The number of carboxylic acid groups (broad SMARTS) is 3. The molecule has 0 amide bonds. The van der Waals surface area contributed by atoms with Crippen LogP contribution in [-0.2, 0) is 14.4 Å². The molecule has 0 aliphatic carbocycles. The van der Waals surface area contributed by atoms with Crippen molar-refractivity contribution in [3.63, 3.8) is 0 Å². The standard InChI is InChI=1S/C34H63NO6/c1-5-6-7-8-9-10-11-12-13-14-15-16-17-18-19-20-21-22-23-24-25-35(26-29(2)32(36)37,27-30(3)33(38)39)28-31(4)34(40)41/h21-22,29-31H,5-20,23-28H2,1-4H3,(H2-,36,37,38,39,40,41)/b22-21+. The summed E-state index contributed by atoms with van der Waals surface area (Å²) < 4.78 is 0.156. The monoisotopic (exact) mass is 581 g/mol. The third kappa shape index (κ3) is 21.5. The van der Waals surface area contributed by atoms with Gasteiger partial charge in [0, 0.05) is 18.3 Å². The van der Waals surface area contributed by atoms with Gasteiger partial charge in [-0.15, -0.1) is 0 Å². The van der Waals surface area contributed by atoms with Crippen LogP contribution >= 0.6 is 0 Å². The van der Waals surface area contributed by atoms with Gasteiger partial charge < -0.3 is 24.6 Å². The van der Waals surface area contributed by atoms with Crippen LogP contribution in [0.1, 0.15) is 143 Å². The number of aliphatic carboxylic acids is 3. The summed E-state index contributed by atoms with van der Waals surface area (Å²) in [6.45, 7) is 8.13. The first kappa shape index (κ1) is 39.1. The van der Waals surface area contributed by atoms with E-state index in [1.165, 1.54) is 96.3 Å². The van der Waals surface area contributed by atoms with Crippen LogP contribution in [0.25, 0.3) is 0 Å². The lowest BCUT2D eigenvalue weighted by Gasteiger charge is -2.43. The predicted octanol–water partition coefficient (Wildman–Crippen LogP) is 7.23. The van der Waals surface area contributed by atoms with Crippen LogP contribution in [0.4, 0.5) is 0 Å². The largest absolute Gasteiger partial charge is 0.550 e. The number of hydrogen-bond acceptors (Lipinski definition) is 4. The Morgan fingerprint density at radius 2 is 0.927 bits per heavy atom. The average Bonchev–Trinajstić information content (AvgIpc) is 2.91. The SMILES string of the molecule is CCCCCCCCCCCCCCCCC/C=C/CCC[N+](CC(C)C(=O)[O-])(CC(C)C(=O)O)CC(C)C(=O)O. The van der Waals surface area contributed by atoms with E-state index in [0.717, 1.165) is 19.3 Å². The maximum atomic E-state index is 11.6. The van der Waals surface area contributed by atoms with Gasteiger partial charge in [-0.05, 0) is 33.1 Å². The molecule has 3 atom stereocenters. The molecule has 0 aromatic heterocycles.